The first-order valence-corrected chi connectivity index (χ1v) is 9.41. The van der Waals surface area contributed by atoms with Crippen LogP contribution >= 0.6 is 0 Å². The summed E-state index contributed by atoms with van der Waals surface area (Å²) in [5, 5.41) is 3.47. The highest BCUT2D eigenvalue weighted by atomic mass is 16.5. The van der Waals surface area contributed by atoms with Gasteiger partial charge in [-0.25, -0.2) is 4.98 Å². The van der Waals surface area contributed by atoms with E-state index in [1.54, 1.807) is 0 Å². The summed E-state index contributed by atoms with van der Waals surface area (Å²) in [5.74, 6) is 2.05. The topological polar surface area (TPSA) is 48.3 Å². The zero-order valence-electron chi connectivity index (χ0n) is 14.5. The molecule has 4 heterocycles. The van der Waals surface area contributed by atoms with Crippen LogP contribution < -0.4 is 10.1 Å². The van der Waals surface area contributed by atoms with E-state index in [1.165, 1.54) is 30.4 Å². The summed E-state index contributed by atoms with van der Waals surface area (Å²) in [6.45, 7) is 4.85. The van der Waals surface area contributed by atoms with E-state index >= 15 is 0 Å². The number of ether oxygens (including phenoxy) is 2. The SMILES string of the molecule is c1cn(CC2CC3(CCNCC3)CO2)c(-c2ccc3c(c2)CCO3)n1. The molecule has 2 aromatic rings. The molecule has 5 nitrogen and oxygen atoms in total. The number of rotatable bonds is 3. The summed E-state index contributed by atoms with van der Waals surface area (Å²) < 4.78 is 14.1. The second kappa shape index (κ2) is 6.15. The van der Waals surface area contributed by atoms with Crippen molar-refractivity contribution in [2.75, 3.05) is 26.3 Å². The third-order valence-electron chi connectivity index (χ3n) is 6.01. The number of hydrogen-bond acceptors (Lipinski definition) is 4. The van der Waals surface area contributed by atoms with Crippen LogP contribution in [0.5, 0.6) is 5.75 Å². The molecule has 1 spiro atoms. The van der Waals surface area contributed by atoms with Crippen molar-refractivity contribution >= 4 is 0 Å². The van der Waals surface area contributed by atoms with Gasteiger partial charge in [-0.1, -0.05) is 0 Å². The van der Waals surface area contributed by atoms with E-state index in [9.17, 15) is 0 Å². The van der Waals surface area contributed by atoms with Gasteiger partial charge in [0.05, 0.1) is 25.9 Å². The number of hydrogen-bond donors (Lipinski definition) is 1. The van der Waals surface area contributed by atoms with Crippen LogP contribution in [-0.4, -0.2) is 42.0 Å². The minimum atomic E-state index is 0.295. The van der Waals surface area contributed by atoms with Gasteiger partial charge >= 0.3 is 0 Å². The van der Waals surface area contributed by atoms with Gasteiger partial charge in [-0.3, -0.25) is 0 Å². The minimum Gasteiger partial charge on any atom is -0.493 e. The van der Waals surface area contributed by atoms with Gasteiger partial charge in [0.25, 0.3) is 0 Å². The smallest absolute Gasteiger partial charge is 0.139 e. The maximum Gasteiger partial charge on any atom is 0.139 e. The number of fused-ring (bicyclic) bond motifs is 1. The molecule has 0 bridgehead atoms. The second-order valence-corrected chi connectivity index (χ2v) is 7.71. The molecule has 0 amide bonds. The Bertz CT molecular complexity index is 764. The molecule has 1 unspecified atom stereocenters. The van der Waals surface area contributed by atoms with E-state index < -0.39 is 0 Å². The number of imidazole rings is 1. The van der Waals surface area contributed by atoms with Crippen molar-refractivity contribution in [3.05, 3.63) is 36.2 Å². The largest absolute Gasteiger partial charge is 0.493 e. The molecule has 0 saturated carbocycles. The van der Waals surface area contributed by atoms with Crippen molar-refractivity contribution in [1.29, 1.82) is 0 Å². The Kier molecular flexibility index (Phi) is 3.79. The maximum absolute atomic E-state index is 6.19. The summed E-state index contributed by atoms with van der Waals surface area (Å²) >= 11 is 0. The molecule has 3 aliphatic rings. The lowest BCUT2D eigenvalue weighted by atomic mass is 9.77. The molecule has 5 rings (SSSR count). The Balaban J connectivity index is 1.34. The van der Waals surface area contributed by atoms with Crippen molar-refractivity contribution in [1.82, 2.24) is 14.9 Å². The molecule has 1 aromatic heterocycles. The monoisotopic (exact) mass is 339 g/mol. The molecule has 2 fully saturated rings. The van der Waals surface area contributed by atoms with Crippen LogP contribution in [0.1, 0.15) is 24.8 Å². The van der Waals surface area contributed by atoms with Gasteiger partial charge < -0.3 is 19.4 Å². The van der Waals surface area contributed by atoms with Crippen molar-refractivity contribution < 1.29 is 9.47 Å². The highest BCUT2D eigenvalue weighted by molar-refractivity contribution is 5.60. The zero-order valence-corrected chi connectivity index (χ0v) is 14.5. The number of benzene rings is 1. The van der Waals surface area contributed by atoms with E-state index in [1.807, 2.05) is 6.20 Å². The van der Waals surface area contributed by atoms with Crippen LogP contribution in [0.3, 0.4) is 0 Å². The number of nitrogens with one attached hydrogen (secondary N) is 1. The predicted octanol–water partition coefficient (Wildman–Crippen LogP) is 2.64. The summed E-state index contributed by atoms with van der Waals surface area (Å²) in [6, 6.07) is 6.42. The van der Waals surface area contributed by atoms with E-state index in [0.29, 0.717) is 11.5 Å². The van der Waals surface area contributed by atoms with Crippen molar-refractivity contribution in [3.8, 4) is 17.1 Å². The van der Waals surface area contributed by atoms with Gasteiger partial charge in [-0.2, -0.15) is 0 Å². The fourth-order valence-corrected chi connectivity index (χ4v) is 4.58. The van der Waals surface area contributed by atoms with Crippen LogP contribution in [0, 0.1) is 5.41 Å². The van der Waals surface area contributed by atoms with E-state index in [0.717, 1.165) is 50.8 Å². The molecule has 25 heavy (non-hydrogen) atoms. The van der Waals surface area contributed by atoms with Crippen LogP contribution in [0.25, 0.3) is 11.4 Å². The molecule has 0 aliphatic carbocycles. The molecule has 132 valence electrons. The standard InChI is InChI=1S/C20H25N3O2/c1-2-18-15(3-10-24-18)11-16(1)19-22-8-9-23(19)13-17-12-20(14-25-17)4-6-21-7-5-20/h1-2,8-9,11,17,21H,3-7,10,12-14H2. The molecule has 3 aliphatic heterocycles. The lowest BCUT2D eigenvalue weighted by Gasteiger charge is -2.32. The molecule has 1 N–H and O–H groups in total. The molecular weight excluding hydrogens is 314 g/mol. The summed E-state index contributed by atoms with van der Waals surface area (Å²) in [5.41, 5.74) is 2.86. The second-order valence-electron chi connectivity index (χ2n) is 7.71. The highest BCUT2D eigenvalue weighted by Gasteiger charge is 2.40. The Morgan fingerprint density at radius 1 is 1.28 bits per heavy atom. The number of nitrogens with zero attached hydrogens (tertiary/aromatic N) is 2. The number of piperidine rings is 1. The molecule has 0 radical (unpaired) electrons. The van der Waals surface area contributed by atoms with E-state index in [2.05, 4.69) is 39.3 Å². The van der Waals surface area contributed by atoms with Crippen molar-refractivity contribution in [2.45, 2.75) is 38.3 Å². The van der Waals surface area contributed by atoms with Gasteiger partial charge in [0.1, 0.15) is 11.6 Å². The van der Waals surface area contributed by atoms with E-state index in [4.69, 9.17) is 9.47 Å². The van der Waals surface area contributed by atoms with Gasteiger partial charge in [-0.15, -0.1) is 0 Å². The Morgan fingerprint density at radius 3 is 3.12 bits per heavy atom. The molecule has 1 aromatic carbocycles. The first kappa shape index (κ1) is 15.4. The molecule has 1 atom stereocenters. The van der Waals surface area contributed by atoms with Gasteiger partial charge in [0.2, 0.25) is 0 Å². The fourth-order valence-electron chi connectivity index (χ4n) is 4.58. The van der Waals surface area contributed by atoms with Crippen LogP contribution in [-0.2, 0) is 17.7 Å². The summed E-state index contributed by atoms with van der Waals surface area (Å²) in [4.78, 5) is 4.61. The fraction of sp³-hybridized carbons (Fsp3) is 0.550. The van der Waals surface area contributed by atoms with Crippen molar-refractivity contribution in [3.63, 3.8) is 0 Å². The third kappa shape index (κ3) is 2.85. The quantitative estimate of drug-likeness (QED) is 0.934. The van der Waals surface area contributed by atoms with Gasteiger partial charge in [-0.05, 0) is 61.5 Å². The van der Waals surface area contributed by atoms with Gasteiger partial charge in [0, 0.05) is 24.4 Å². The maximum atomic E-state index is 6.19. The van der Waals surface area contributed by atoms with Crippen molar-refractivity contribution in [2.24, 2.45) is 5.41 Å². The molecule has 5 heteroatoms. The first-order chi connectivity index (χ1) is 12.3. The third-order valence-corrected chi connectivity index (χ3v) is 6.01. The van der Waals surface area contributed by atoms with Crippen LogP contribution in [0.15, 0.2) is 30.6 Å². The lowest BCUT2D eigenvalue weighted by Crippen LogP contribution is -2.37. The predicted molar refractivity (Wildman–Crippen MR) is 95.8 cm³/mol. The summed E-state index contributed by atoms with van der Waals surface area (Å²) in [7, 11) is 0. The normalized spacial score (nSPS) is 24.4. The molecular formula is C20H25N3O2. The molecule has 2 saturated heterocycles. The van der Waals surface area contributed by atoms with Crippen LogP contribution in [0.4, 0.5) is 0 Å². The average Bonchev–Trinajstić information content (AvgIpc) is 3.36. The van der Waals surface area contributed by atoms with E-state index in [-0.39, 0.29) is 0 Å². The van der Waals surface area contributed by atoms with Gasteiger partial charge in [0.15, 0.2) is 0 Å². The highest BCUT2D eigenvalue weighted by Crippen LogP contribution is 2.41. The Hall–Kier alpha value is -1.85. The average molecular weight is 339 g/mol. The lowest BCUT2D eigenvalue weighted by molar-refractivity contribution is 0.0778. The Labute approximate surface area is 148 Å². The zero-order chi connectivity index (χ0) is 16.7. The summed E-state index contributed by atoms with van der Waals surface area (Å²) in [6.07, 6.45) is 8.92. The van der Waals surface area contributed by atoms with Crippen LogP contribution in [0.2, 0.25) is 0 Å². The minimum absolute atomic E-state index is 0.295. The Morgan fingerprint density at radius 2 is 2.20 bits per heavy atom. The first-order valence-electron chi connectivity index (χ1n) is 9.41. The number of aromatic nitrogens is 2.